The zero-order chi connectivity index (χ0) is 26.9. The van der Waals surface area contributed by atoms with Crippen LogP contribution < -0.4 is 0 Å². The van der Waals surface area contributed by atoms with Gasteiger partial charge < -0.3 is 14.7 Å². The summed E-state index contributed by atoms with van der Waals surface area (Å²) in [4.78, 5) is 2.62. The van der Waals surface area contributed by atoms with Gasteiger partial charge in [-0.1, -0.05) is 42.5 Å². The molecule has 0 amide bonds. The summed E-state index contributed by atoms with van der Waals surface area (Å²) in [5, 5.41) is 8.71. The summed E-state index contributed by atoms with van der Waals surface area (Å²) in [5.41, 5.74) is 1.68. The molecule has 0 spiro atoms. The summed E-state index contributed by atoms with van der Waals surface area (Å²) in [5.74, 6) is -0.197. The predicted octanol–water partition coefficient (Wildman–Crippen LogP) is 5.59. The number of benzene rings is 2. The molecule has 2 aromatic carbocycles. The maximum absolute atomic E-state index is 14.4. The second kappa shape index (κ2) is 12.2. The van der Waals surface area contributed by atoms with Gasteiger partial charge in [-0.05, 0) is 100 Å². The van der Waals surface area contributed by atoms with Crippen molar-refractivity contribution in [2.45, 2.75) is 87.5 Å². The van der Waals surface area contributed by atoms with Gasteiger partial charge in [0.2, 0.25) is 5.90 Å². The van der Waals surface area contributed by atoms with Crippen LogP contribution in [0.3, 0.4) is 0 Å². The van der Waals surface area contributed by atoms with Crippen LogP contribution in [0.4, 0.5) is 4.39 Å². The van der Waals surface area contributed by atoms with Crippen LogP contribution >= 0.6 is 12.4 Å². The molecule has 6 nitrogen and oxygen atoms in total. The molecular formula is C30H40ClFN2O4S. The third-order valence-electron chi connectivity index (χ3n) is 8.45. The minimum absolute atomic E-state index is 0. The Morgan fingerprint density at radius 3 is 2.33 bits per heavy atom. The van der Waals surface area contributed by atoms with Crippen LogP contribution in [0.15, 0.2) is 52.9 Å². The summed E-state index contributed by atoms with van der Waals surface area (Å²) in [6.07, 6.45) is 5.74. The van der Waals surface area contributed by atoms with Gasteiger partial charge >= 0.3 is 0 Å². The molecule has 2 heterocycles. The number of likely N-dealkylation sites (tertiary alicyclic amines) is 1. The Balaban J connectivity index is 0.00000353. The van der Waals surface area contributed by atoms with Crippen molar-refractivity contribution in [1.82, 2.24) is 4.90 Å². The first-order chi connectivity index (χ1) is 18.2. The number of nitrogens with zero attached hydrogens (tertiary/aromatic N) is 2. The highest BCUT2D eigenvalue weighted by molar-refractivity contribution is 7.91. The molecule has 5 rings (SSSR count). The van der Waals surface area contributed by atoms with Crippen LogP contribution in [-0.4, -0.2) is 60.9 Å². The van der Waals surface area contributed by atoms with Gasteiger partial charge in [0.05, 0.1) is 0 Å². The van der Waals surface area contributed by atoms with Crippen molar-refractivity contribution >= 4 is 28.3 Å². The molecule has 2 aliphatic heterocycles. The van der Waals surface area contributed by atoms with Gasteiger partial charge in [-0.15, -0.1) is 16.8 Å². The monoisotopic (exact) mass is 578 g/mol. The largest absolute Gasteiger partial charge is 0.473 e. The highest BCUT2D eigenvalue weighted by atomic mass is 35.5. The van der Waals surface area contributed by atoms with Crippen molar-refractivity contribution in [3.63, 3.8) is 0 Å². The molecule has 2 fully saturated rings. The molecule has 0 bridgehead atoms. The highest BCUT2D eigenvalue weighted by Crippen LogP contribution is 2.37. The molecular weight excluding hydrogens is 539 g/mol. The lowest BCUT2D eigenvalue weighted by Crippen LogP contribution is -2.50. The Labute approximate surface area is 238 Å². The van der Waals surface area contributed by atoms with Gasteiger partial charge in [-0.2, -0.15) is 0 Å². The maximum Gasteiger partial charge on any atom is 0.263 e. The molecule has 2 aromatic rings. The van der Waals surface area contributed by atoms with Gasteiger partial charge in [-0.3, -0.25) is 0 Å². The smallest absolute Gasteiger partial charge is 0.263 e. The van der Waals surface area contributed by atoms with E-state index in [0.29, 0.717) is 17.9 Å². The van der Waals surface area contributed by atoms with Crippen LogP contribution in [0.25, 0.3) is 0 Å². The van der Waals surface area contributed by atoms with Crippen molar-refractivity contribution in [2.75, 3.05) is 19.7 Å². The van der Waals surface area contributed by atoms with E-state index in [1.54, 1.807) is 32.0 Å². The van der Waals surface area contributed by atoms with Gasteiger partial charge in [-0.25, -0.2) is 12.8 Å². The van der Waals surface area contributed by atoms with E-state index >= 15 is 0 Å². The topological polar surface area (TPSA) is 79.2 Å². The first-order valence-electron chi connectivity index (χ1n) is 13.9. The Morgan fingerprint density at radius 1 is 1.08 bits per heavy atom. The molecule has 9 heteroatoms. The van der Waals surface area contributed by atoms with E-state index in [0.717, 1.165) is 11.6 Å². The number of hydrogen-bond acceptors (Lipinski definition) is 5. The van der Waals surface area contributed by atoms with Gasteiger partial charge in [0.15, 0.2) is 0 Å². The fourth-order valence-electron chi connectivity index (χ4n) is 6.10. The van der Waals surface area contributed by atoms with Crippen LogP contribution in [-0.2, 0) is 21.2 Å². The number of piperidine rings is 1. The molecule has 0 aromatic heterocycles. The maximum atomic E-state index is 14.4. The van der Waals surface area contributed by atoms with Crippen LogP contribution in [0.2, 0.25) is 0 Å². The molecule has 3 aliphatic rings. The summed E-state index contributed by atoms with van der Waals surface area (Å²) in [6.45, 7) is 5.73. The van der Waals surface area contributed by atoms with E-state index in [-0.39, 0.29) is 43.6 Å². The predicted molar refractivity (Wildman–Crippen MR) is 155 cm³/mol. The van der Waals surface area contributed by atoms with Crippen LogP contribution in [0, 0.1) is 5.82 Å². The standard InChI is InChI=1S/C30H39FN2O4S.ClH/c1-30(2)28(19-21-7-9-22(10-8-21)23-13-16-33(17-14-23)25-11-12-25)38(35,36)32-29(37-30)20-24(15-18-34)26-5-3-4-6-27(26)31;/h3-10,23-25,28,34H,11-20H2,1-2H3;1H/t24-,28+;/m1./s1. The van der Waals surface area contributed by atoms with E-state index in [1.807, 2.05) is 12.1 Å². The fourth-order valence-corrected chi connectivity index (χ4v) is 7.79. The van der Waals surface area contributed by atoms with E-state index in [4.69, 9.17) is 4.74 Å². The van der Waals surface area contributed by atoms with Crippen molar-refractivity contribution in [3.05, 3.63) is 71.0 Å². The highest BCUT2D eigenvalue weighted by Gasteiger charge is 2.46. The van der Waals surface area contributed by atoms with Crippen LogP contribution in [0.1, 0.15) is 80.9 Å². The minimum Gasteiger partial charge on any atom is -0.473 e. The third-order valence-corrected chi connectivity index (χ3v) is 10.4. The number of rotatable bonds is 9. The van der Waals surface area contributed by atoms with Crippen LogP contribution in [0.5, 0.6) is 0 Å². The molecule has 214 valence electrons. The first-order valence-corrected chi connectivity index (χ1v) is 15.4. The first kappa shape index (κ1) is 30.0. The summed E-state index contributed by atoms with van der Waals surface area (Å²) in [6, 6.07) is 15.6. The quantitative estimate of drug-likeness (QED) is 0.419. The molecule has 2 atom stereocenters. The SMILES string of the molecule is CC1(C)OC(C[C@@H](CCO)c2ccccc2F)=NS(=O)(=O)[C@H]1Cc1ccc(C2CCN(C3CC3)CC2)cc1.Cl. The average Bonchev–Trinajstić information content (AvgIpc) is 3.72. The Bertz CT molecular complexity index is 1260. The Morgan fingerprint density at radius 2 is 1.74 bits per heavy atom. The second-order valence-corrected chi connectivity index (χ2v) is 13.4. The molecule has 0 unspecified atom stereocenters. The van der Waals surface area contributed by atoms with E-state index in [1.165, 1.54) is 50.4 Å². The zero-order valence-corrected chi connectivity index (χ0v) is 24.4. The summed E-state index contributed by atoms with van der Waals surface area (Å²) in [7, 11) is -3.87. The fraction of sp³-hybridized carbons (Fsp3) is 0.567. The number of sulfonamides is 1. The van der Waals surface area contributed by atoms with Gasteiger partial charge in [0.1, 0.15) is 16.7 Å². The number of halogens is 2. The lowest BCUT2D eigenvalue weighted by molar-refractivity contribution is 0.0797. The molecule has 1 aliphatic carbocycles. The number of ether oxygens (including phenoxy) is 1. The Kier molecular flexibility index (Phi) is 9.41. The zero-order valence-electron chi connectivity index (χ0n) is 22.8. The minimum atomic E-state index is -3.87. The molecule has 39 heavy (non-hydrogen) atoms. The Hall–Kier alpha value is -2.00. The number of aliphatic hydroxyl groups is 1. The second-order valence-electron chi connectivity index (χ2n) is 11.6. The molecule has 1 saturated heterocycles. The number of hydrogen-bond donors (Lipinski definition) is 1. The number of aliphatic hydroxyl groups excluding tert-OH is 1. The lowest BCUT2D eigenvalue weighted by atomic mass is 9.88. The summed E-state index contributed by atoms with van der Waals surface area (Å²) < 4.78 is 51.4. The van der Waals surface area contributed by atoms with E-state index in [9.17, 15) is 17.9 Å². The van der Waals surface area contributed by atoms with Gasteiger partial charge in [0.25, 0.3) is 10.0 Å². The normalized spacial score (nSPS) is 23.8. The third kappa shape index (κ3) is 7.02. The van der Waals surface area contributed by atoms with Crippen molar-refractivity contribution in [3.8, 4) is 0 Å². The lowest BCUT2D eigenvalue weighted by Gasteiger charge is -2.38. The van der Waals surface area contributed by atoms with E-state index in [2.05, 4.69) is 21.4 Å². The van der Waals surface area contributed by atoms with Crippen molar-refractivity contribution in [2.24, 2.45) is 4.40 Å². The van der Waals surface area contributed by atoms with E-state index < -0.39 is 26.8 Å². The molecule has 0 radical (unpaired) electrons. The van der Waals surface area contributed by atoms with Gasteiger partial charge in [0, 0.05) is 19.1 Å². The van der Waals surface area contributed by atoms with Crippen molar-refractivity contribution in [1.29, 1.82) is 0 Å². The van der Waals surface area contributed by atoms with Crippen molar-refractivity contribution < 1.29 is 22.7 Å². The summed E-state index contributed by atoms with van der Waals surface area (Å²) >= 11 is 0. The molecule has 1 saturated carbocycles. The average molecular weight is 579 g/mol. The molecule has 1 N–H and O–H groups in total.